The number of alkyl halides is 1. The molecule has 4 rings (SSSR count). The number of ether oxygens (including phenoxy) is 2. The van der Waals surface area contributed by atoms with Crippen LogP contribution in [0.3, 0.4) is 0 Å². The molecular weight excluding hydrogens is 426 g/mol. The molecule has 31 heavy (non-hydrogen) atoms. The summed E-state index contributed by atoms with van der Waals surface area (Å²) < 4.78 is 38.3. The first-order valence-electron chi connectivity index (χ1n) is 9.70. The number of hydrogen-bond acceptors (Lipinski definition) is 5. The lowest BCUT2D eigenvalue weighted by molar-refractivity contribution is 0.0960. The number of benzene rings is 2. The molecule has 1 unspecified atom stereocenters. The van der Waals surface area contributed by atoms with Gasteiger partial charge in [-0.1, -0.05) is 29.8 Å². The van der Waals surface area contributed by atoms with E-state index in [1.165, 1.54) is 12.1 Å². The number of hydrogen-bond donors (Lipinski definition) is 1. The molecule has 0 radical (unpaired) electrons. The van der Waals surface area contributed by atoms with Gasteiger partial charge in [0, 0.05) is 28.9 Å². The molecule has 5 nitrogen and oxygen atoms in total. The van der Waals surface area contributed by atoms with Gasteiger partial charge in [-0.25, -0.2) is 13.8 Å². The normalized spacial score (nSPS) is 14.6. The highest BCUT2D eigenvalue weighted by Crippen LogP contribution is 2.38. The maximum Gasteiger partial charge on any atom is 0.176 e. The Balaban J connectivity index is 1.63. The average Bonchev–Trinajstić information content (AvgIpc) is 3.21. The van der Waals surface area contributed by atoms with E-state index in [-0.39, 0.29) is 46.6 Å². The summed E-state index contributed by atoms with van der Waals surface area (Å²) in [7, 11) is 0. The number of ketones is 1. The molecule has 1 aromatic heterocycles. The van der Waals surface area contributed by atoms with Crippen molar-refractivity contribution in [1.82, 2.24) is 4.98 Å². The summed E-state index contributed by atoms with van der Waals surface area (Å²) in [5, 5.41) is 3.40. The quantitative estimate of drug-likeness (QED) is 0.484. The fraction of sp³-hybridized carbons (Fsp3) is 0.217. The van der Waals surface area contributed by atoms with Crippen LogP contribution in [0.5, 0.6) is 11.5 Å². The fourth-order valence-corrected chi connectivity index (χ4v) is 3.64. The second kappa shape index (κ2) is 9.31. The number of pyridine rings is 1. The zero-order chi connectivity index (χ0) is 21.8. The third-order valence-corrected chi connectivity index (χ3v) is 5.21. The van der Waals surface area contributed by atoms with Crippen molar-refractivity contribution >= 4 is 23.2 Å². The lowest BCUT2D eigenvalue weighted by Crippen LogP contribution is -2.17. The van der Waals surface area contributed by atoms with E-state index in [1.54, 1.807) is 36.5 Å². The van der Waals surface area contributed by atoms with Gasteiger partial charge in [0.15, 0.2) is 17.3 Å². The topological polar surface area (TPSA) is 60.5 Å². The molecule has 0 aliphatic carbocycles. The van der Waals surface area contributed by atoms with Gasteiger partial charge in [-0.05, 0) is 30.3 Å². The Morgan fingerprint density at radius 3 is 2.87 bits per heavy atom. The van der Waals surface area contributed by atoms with Crippen molar-refractivity contribution in [3.05, 3.63) is 82.3 Å². The van der Waals surface area contributed by atoms with Crippen molar-refractivity contribution in [2.75, 3.05) is 25.1 Å². The maximum absolute atomic E-state index is 14.1. The molecule has 0 saturated carbocycles. The molecule has 2 aromatic carbocycles. The highest BCUT2D eigenvalue weighted by atomic mass is 35.5. The Kier molecular flexibility index (Phi) is 6.32. The molecule has 0 fully saturated rings. The minimum absolute atomic E-state index is 0.107. The van der Waals surface area contributed by atoms with Crippen LogP contribution in [0, 0.1) is 5.82 Å². The number of carbonyl (C=O) groups is 1. The maximum atomic E-state index is 14.1. The van der Waals surface area contributed by atoms with Gasteiger partial charge in [-0.2, -0.15) is 0 Å². The van der Waals surface area contributed by atoms with Gasteiger partial charge in [0.2, 0.25) is 0 Å². The Labute approximate surface area is 183 Å². The second-order valence-electron chi connectivity index (χ2n) is 6.93. The zero-order valence-electron chi connectivity index (χ0n) is 16.4. The Morgan fingerprint density at radius 1 is 1.19 bits per heavy atom. The van der Waals surface area contributed by atoms with Crippen LogP contribution in [-0.2, 0) is 6.61 Å². The number of fused-ring (bicyclic) bond motifs is 1. The van der Waals surface area contributed by atoms with E-state index in [9.17, 15) is 13.6 Å². The third-order valence-electron chi connectivity index (χ3n) is 4.97. The number of rotatable bonds is 8. The molecule has 3 aromatic rings. The predicted octanol–water partition coefficient (Wildman–Crippen LogP) is 5.19. The van der Waals surface area contributed by atoms with Crippen LogP contribution in [0.4, 0.5) is 14.6 Å². The number of aromatic nitrogens is 1. The Hall–Kier alpha value is -3.19. The van der Waals surface area contributed by atoms with E-state index in [4.69, 9.17) is 21.1 Å². The standard InChI is InChI=1S/C23H19ClF2N2O3/c24-15-7-6-14(19(26)11-15)13-31-20-5-1-3-17(22(20)30-10-8-25)21(29)18-12-28-23-16(18)4-2-9-27-23/h1-7,9,11,18H,8,10,12-13H2,(H,27,28). The van der Waals surface area contributed by atoms with Crippen LogP contribution >= 0.6 is 11.6 Å². The number of nitrogens with one attached hydrogen (secondary N) is 1. The monoisotopic (exact) mass is 444 g/mol. The van der Waals surface area contributed by atoms with Crippen molar-refractivity contribution in [2.24, 2.45) is 0 Å². The second-order valence-corrected chi connectivity index (χ2v) is 7.37. The van der Waals surface area contributed by atoms with Crippen LogP contribution in [0.1, 0.15) is 27.4 Å². The number of nitrogens with zero attached hydrogens (tertiary/aromatic N) is 1. The summed E-state index contributed by atoms with van der Waals surface area (Å²) >= 11 is 5.79. The van der Waals surface area contributed by atoms with Gasteiger partial charge >= 0.3 is 0 Å². The van der Waals surface area contributed by atoms with Crippen molar-refractivity contribution < 1.29 is 23.0 Å². The molecule has 1 N–H and O–H groups in total. The van der Waals surface area contributed by atoms with Crippen molar-refractivity contribution in [1.29, 1.82) is 0 Å². The molecule has 0 bridgehead atoms. The molecule has 1 aliphatic rings. The summed E-state index contributed by atoms with van der Waals surface area (Å²) in [4.78, 5) is 17.6. The summed E-state index contributed by atoms with van der Waals surface area (Å²) in [5.41, 5.74) is 1.35. The average molecular weight is 445 g/mol. The van der Waals surface area contributed by atoms with E-state index >= 15 is 0 Å². The molecule has 160 valence electrons. The van der Waals surface area contributed by atoms with Crippen LogP contribution in [0.15, 0.2) is 54.7 Å². The number of anilines is 1. The highest BCUT2D eigenvalue weighted by Gasteiger charge is 2.32. The van der Waals surface area contributed by atoms with Gasteiger partial charge in [-0.3, -0.25) is 4.79 Å². The minimum atomic E-state index is -0.731. The van der Waals surface area contributed by atoms with Gasteiger partial charge in [-0.15, -0.1) is 0 Å². The summed E-state index contributed by atoms with van der Waals surface area (Å²) in [6.45, 7) is -0.679. The molecule has 0 amide bonds. The summed E-state index contributed by atoms with van der Waals surface area (Å²) in [5.74, 6) is -0.135. The first-order valence-corrected chi connectivity index (χ1v) is 10.1. The van der Waals surface area contributed by atoms with Crippen LogP contribution in [-0.4, -0.2) is 30.6 Å². The first-order chi connectivity index (χ1) is 15.1. The van der Waals surface area contributed by atoms with Crippen molar-refractivity contribution in [3.8, 4) is 11.5 Å². The van der Waals surface area contributed by atoms with Gasteiger partial charge in [0.05, 0.1) is 11.5 Å². The third kappa shape index (κ3) is 4.46. The van der Waals surface area contributed by atoms with Gasteiger partial charge in [0.25, 0.3) is 0 Å². The van der Waals surface area contributed by atoms with E-state index in [1.807, 2.05) is 6.07 Å². The van der Waals surface area contributed by atoms with E-state index < -0.39 is 18.4 Å². The van der Waals surface area contributed by atoms with E-state index in [0.717, 1.165) is 5.56 Å². The molecule has 1 atom stereocenters. The molecular formula is C23H19ClF2N2O3. The van der Waals surface area contributed by atoms with Gasteiger partial charge < -0.3 is 14.8 Å². The number of para-hydroxylation sites is 1. The zero-order valence-corrected chi connectivity index (χ0v) is 17.2. The van der Waals surface area contributed by atoms with Crippen LogP contribution in [0.2, 0.25) is 5.02 Å². The fourth-order valence-electron chi connectivity index (χ4n) is 3.48. The molecule has 8 heteroatoms. The molecule has 0 saturated heterocycles. The summed E-state index contributed by atoms with van der Waals surface area (Å²) in [6, 6.07) is 12.7. The smallest absolute Gasteiger partial charge is 0.176 e. The largest absolute Gasteiger partial charge is 0.486 e. The molecule has 2 heterocycles. The minimum Gasteiger partial charge on any atom is -0.486 e. The van der Waals surface area contributed by atoms with E-state index in [0.29, 0.717) is 12.4 Å². The Morgan fingerprint density at radius 2 is 2.06 bits per heavy atom. The summed E-state index contributed by atoms with van der Waals surface area (Å²) in [6.07, 6.45) is 1.65. The number of Topliss-reactive ketones (excluding diaryl/α,β-unsaturated/α-hetero) is 1. The lowest BCUT2D eigenvalue weighted by Gasteiger charge is -2.17. The number of halogens is 3. The SMILES string of the molecule is O=C(c1cccc(OCc2ccc(Cl)cc2F)c1OCCF)C1CNc2ncccc21. The highest BCUT2D eigenvalue weighted by molar-refractivity contribution is 6.30. The van der Waals surface area contributed by atoms with Crippen LogP contribution in [0.25, 0.3) is 0 Å². The van der Waals surface area contributed by atoms with Gasteiger partial charge in [0.1, 0.15) is 31.5 Å². The van der Waals surface area contributed by atoms with Crippen molar-refractivity contribution in [2.45, 2.75) is 12.5 Å². The predicted molar refractivity (Wildman–Crippen MR) is 113 cm³/mol. The lowest BCUT2D eigenvalue weighted by atomic mass is 9.92. The number of carbonyl (C=O) groups excluding carboxylic acids is 1. The van der Waals surface area contributed by atoms with Crippen molar-refractivity contribution in [3.63, 3.8) is 0 Å². The van der Waals surface area contributed by atoms with Crippen LogP contribution < -0.4 is 14.8 Å². The first kappa shape index (κ1) is 21.1. The Bertz CT molecular complexity index is 1110. The molecule has 1 aliphatic heterocycles. The molecule has 0 spiro atoms. The van der Waals surface area contributed by atoms with E-state index in [2.05, 4.69) is 10.3 Å².